The Morgan fingerprint density at radius 3 is 2.65 bits per heavy atom. The zero-order valence-electron chi connectivity index (χ0n) is 17.6. The highest BCUT2D eigenvalue weighted by Gasteiger charge is 2.37. The van der Waals surface area contributed by atoms with Crippen LogP contribution >= 0.6 is 0 Å². The second kappa shape index (κ2) is 7.82. The molecule has 2 fully saturated rings. The number of likely N-dealkylation sites (tertiary alicyclic amines) is 1. The summed E-state index contributed by atoms with van der Waals surface area (Å²) in [4.78, 5) is 22.9. The van der Waals surface area contributed by atoms with E-state index in [0.29, 0.717) is 35.6 Å². The molecule has 0 unspecified atom stereocenters. The molecule has 0 radical (unpaired) electrons. The molecule has 1 saturated carbocycles. The molecule has 31 heavy (non-hydrogen) atoms. The summed E-state index contributed by atoms with van der Waals surface area (Å²) in [5.74, 6) is -1.48. The number of alkyl halides is 2. The zero-order chi connectivity index (χ0) is 21.6. The SMILES string of the molecule is C[C@@H]1CN(Cc2ccccc2)C[C@H]1c1nc2c(cnn2C2CCC(F)(F)CC2)c(=O)[nH]1. The van der Waals surface area contributed by atoms with Crippen molar-refractivity contribution in [3.8, 4) is 0 Å². The third-order valence-electron chi connectivity index (χ3n) is 6.80. The second-order valence-electron chi connectivity index (χ2n) is 9.13. The van der Waals surface area contributed by atoms with E-state index in [1.165, 1.54) is 11.8 Å². The van der Waals surface area contributed by atoms with Crippen molar-refractivity contribution in [1.29, 1.82) is 0 Å². The average molecular weight is 427 g/mol. The van der Waals surface area contributed by atoms with Gasteiger partial charge in [-0.2, -0.15) is 5.10 Å². The molecule has 6 nitrogen and oxygen atoms in total. The molecule has 3 heterocycles. The largest absolute Gasteiger partial charge is 0.310 e. The van der Waals surface area contributed by atoms with E-state index < -0.39 is 5.92 Å². The summed E-state index contributed by atoms with van der Waals surface area (Å²) in [6.45, 7) is 4.79. The lowest BCUT2D eigenvalue weighted by Crippen LogP contribution is -2.27. The molecule has 1 aromatic carbocycles. The molecule has 2 atom stereocenters. The molecule has 164 valence electrons. The first kappa shape index (κ1) is 20.3. The topological polar surface area (TPSA) is 66.8 Å². The van der Waals surface area contributed by atoms with Crippen molar-refractivity contribution in [3.05, 3.63) is 58.3 Å². The third kappa shape index (κ3) is 4.01. The van der Waals surface area contributed by atoms with Gasteiger partial charge in [-0.15, -0.1) is 0 Å². The molecule has 0 spiro atoms. The van der Waals surface area contributed by atoms with Crippen LogP contribution in [0, 0.1) is 5.92 Å². The molecule has 1 saturated heterocycles. The molecule has 3 aromatic rings. The summed E-state index contributed by atoms with van der Waals surface area (Å²) in [6, 6.07) is 10.2. The highest BCUT2D eigenvalue weighted by atomic mass is 19.3. The van der Waals surface area contributed by atoms with Crippen molar-refractivity contribution in [1.82, 2.24) is 24.6 Å². The molecule has 1 aliphatic carbocycles. The highest BCUT2D eigenvalue weighted by molar-refractivity contribution is 5.73. The van der Waals surface area contributed by atoms with Gasteiger partial charge in [-0.25, -0.2) is 18.4 Å². The Labute approximate surface area is 179 Å². The fourth-order valence-corrected chi connectivity index (χ4v) is 5.06. The third-order valence-corrected chi connectivity index (χ3v) is 6.80. The normalized spacial score (nSPS) is 24.7. The Bertz CT molecular complexity index is 1120. The van der Waals surface area contributed by atoms with E-state index in [4.69, 9.17) is 4.98 Å². The van der Waals surface area contributed by atoms with Crippen LogP contribution in [0.3, 0.4) is 0 Å². The summed E-state index contributed by atoms with van der Waals surface area (Å²) < 4.78 is 28.9. The standard InChI is InChI=1S/C23H27F2N5O/c1-15-12-29(13-16-5-3-2-4-6-16)14-19(15)20-27-21-18(22(31)28-20)11-26-30(21)17-7-9-23(24,25)10-8-17/h2-6,11,15,17,19H,7-10,12-14H2,1H3,(H,27,28,31)/t15-,19-/m1/s1. The Kier molecular flexibility index (Phi) is 5.12. The predicted molar refractivity (Wildman–Crippen MR) is 114 cm³/mol. The first-order valence-electron chi connectivity index (χ1n) is 11.0. The van der Waals surface area contributed by atoms with Crippen molar-refractivity contribution in [3.63, 3.8) is 0 Å². The minimum atomic E-state index is -2.60. The number of nitrogens with one attached hydrogen (secondary N) is 1. The number of halogens is 2. The van der Waals surface area contributed by atoms with Crippen LogP contribution in [-0.2, 0) is 6.54 Å². The van der Waals surface area contributed by atoms with E-state index in [1.54, 1.807) is 4.68 Å². The summed E-state index contributed by atoms with van der Waals surface area (Å²) in [5.41, 5.74) is 1.57. The van der Waals surface area contributed by atoms with Crippen molar-refractivity contribution in [2.45, 2.75) is 57.0 Å². The number of H-pyrrole nitrogens is 1. The van der Waals surface area contributed by atoms with Crippen LogP contribution in [0.4, 0.5) is 8.78 Å². The van der Waals surface area contributed by atoms with Crippen LogP contribution in [0.2, 0.25) is 0 Å². The van der Waals surface area contributed by atoms with Crippen LogP contribution in [0.5, 0.6) is 0 Å². The molecule has 0 amide bonds. The maximum Gasteiger partial charge on any atom is 0.262 e. The van der Waals surface area contributed by atoms with Gasteiger partial charge in [0.2, 0.25) is 5.92 Å². The number of nitrogens with zero attached hydrogens (tertiary/aromatic N) is 4. The summed E-state index contributed by atoms with van der Waals surface area (Å²) in [5, 5.41) is 4.79. The smallest absolute Gasteiger partial charge is 0.262 e. The van der Waals surface area contributed by atoms with Gasteiger partial charge in [0.05, 0.1) is 12.2 Å². The Morgan fingerprint density at radius 1 is 1.16 bits per heavy atom. The minimum Gasteiger partial charge on any atom is -0.310 e. The predicted octanol–water partition coefficient (Wildman–Crippen LogP) is 4.11. The van der Waals surface area contributed by atoms with Crippen LogP contribution < -0.4 is 5.56 Å². The van der Waals surface area contributed by atoms with Gasteiger partial charge in [0.15, 0.2) is 5.65 Å². The fraction of sp³-hybridized carbons (Fsp3) is 0.522. The number of benzene rings is 1. The zero-order valence-corrected chi connectivity index (χ0v) is 17.6. The first-order chi connectivity index (χ1) is 14.9. The van der Waals surface area contributed by atoms with Crippen molar-refractivity contribution in [2.24, 2.45) is 5.92 Å². The molecular weight excluding hydrogens is 400 g/mol. The molecule has 1 aliphatic heterocycles. The van der Waals surface area contributed by atoms with Gasteiger partial charge in [-0.3, -0.25) is 9.69 Å². The van der Waals surface area contributed by atoms with Crippen molar-refractivity contribution >= 4 is 11.0 Å². The van der Waals surface area contributed by atoms with Gasteiger partial charge in [0.1, 0.15) is 11.2 Å². The quantitative estimate of drug-likeness (QED) is 0.681. The van der Waals surface area contributed by atoms with Gasteiger partial charge in [0.25, 0.3) is 5.56 Å². The molecule has 8 heteroatoms. The van der Waals surface area contributed by atoms with Gasteiger partial charge in [-0.1, -0.05) is 37.3 Å². The van der Waals surface area contributed by atoms with Gasteiger partial charge in [-0.05, 0) is 24.3 Å². The molecular formula is C23H27F2N5O. The lowest BCUT2D eigenvalue weighted by Gasteiger charge is -2.28. The van der Waals surface area contributed by atoms with Gasteiger partial charge in [0, 0.05) is 38.4 Å². The summed E-state index contributed by atoms with van der Waals surface area (Å²) in [7, 11) is 0. The van der Waals surface area contributed by atoms with Crippen LogP contribution in [0.25, 0.3) is 11.0 Å². The number of aromatic amines is 1. The number of hydrogen-bond donors (Lipinski definition) is 1. The number of rotatable bonds is 4. The Hall–Kier alpha value is -2.61. The fourth-order valence-electron chi connectivity index (χ4n) is 5.06. The molecule has 2 aromatic heterocycles. The monoisotopic (exact) mass is 427 g/mol. The van der Waals surface area contributed by atoms with E-state index in [9.17, 15) is 13.6 Å². The van der Waals surface area contributed by atoms with E-state index in [0.717, 1.165) is 19.6 Å². The Morgan fingerprint density at radius 2 is 1.90 bits per heavy atom. The van der Waals surface area contributed by atoms with Crippen molar-refractivity contribution < 1.29 is 8.78 Å². The van der Waals surface area contributed by atoms with Crippen molar-refractivity contribution in [2.75, 3.05) is 13.1 Å². The van der Waals surface area contributed by atoms with Crippen LogP contribution in [0.15, 0.2) is 41.3 Å². The van der Waals surface area contributed by atoms with E-state index >= 15 is 0 Å². The molecule has 2 aliphatic rings. The molecule has 0 bridgehead atoms. The van der Waals surface area contributed by atoms with Crippen LogP contribution in [0.1, 0.15) is 56.0 Å². The van der Waals surface area contributed by atoms with E-state index in [1.807, 2.05) is 18.2 Å². The lowest BCUT2D eigenvalue weighted by molar-refractivity contribution is -0.0446. The number of fused-ring (bicyclic) bond motifs is 1. The molecule has 1 N–H and O–H groups in total. The Balaban J connectivity index is 1.41. The number of aromatic nitrogens is 4. The van der Waals surface area contributed by atoms with Crippen LogP contribution in [-0.4, -0.2) is 43.7 Å². The minimum absolute atomic E-state index is 0.111. The lowest BCUT2D eigenvalue weighted by atomic mass is 9.92. The maximum absolute atomic E-state index is 13.6. The van der Waals surface area contributed by atoms with Gasteiger partial charge >= 0.3 is 0 Å². The highest BCUT2D eigenvalue weighted by Crippen LogP contribution is 2.39. The van der Waals surface area contributed by atoms with E-state index in [2.05, 4.69) is 34.0 Å². The first-order valence-corrected chi connectivity index (χ1v) is 11.0. The average Bonchev–Trinajstić information content (AvgIpc) is 3.32. The van der Waals surface area contributed by atoms with E-state index in [-0.39, 0.29) is 30.4 Å². The summed E-state index contributed by atoms with van der Waals surface area (Å²) >= 11 is 0. The van der Waals surface area contributed by atoms with Gasteiger partial charge < -0.3 is 4.98 Å². The number of hydrogen-bond acceptors (Lipinski definition) is 4. The maximum atomic E-state index is 13.6. The second-order valence-corrected chi connectivity index (χ2v) is 9.13. The molecule has 5 rings (SSSR count). The summed E-state index contributed by atoms with van der Waals surface area (Å²) in [6.07, 6.45) is 1.90.